The molecule has 7 heteroatoms. The van der Waals surface area contributed by atoms with Gasteiger partial charge in [0.2, 0.25) is 0 Å². The fourth-order valence-electron chi connectivity index (χ4n) is 1.59. The quantitative estimate of drug-likeness (QED) is 0.861. The Labute approximate surface area is 126 Å². The van der Waals surface area contributed by atoms with Gasteiger partial charge in [0.15, 0.2) is 0 Å². The second-order valence-electron chi connectivity index (χ2n) is 3.91. The van der Waals surface area contributed by atoms with E-state index < -0.39 is 20.7 Å². The van der Waals surface area contributed by atoms with Crippen LogP contribution in [0.3, 0.4) is 0 Å². The van der Waals surface area contributed by atoms with E-state index in [9.17, 15) is 12.8 Å². The first-order chi connectivity index (χ1) is 9.42. The minimum absolute atomic E-state index is 0.144. The first kappa shape index (κ1) is 15.2. The summed E-state index contributed by atoms with van der Waals surface area (Å²) in [5.74, 6) is -0.883. The molecule has 0 bridgehead atoms. The molecule has 0 fully saturated rings. The van der Waals surface area contributed by atoms with Gasteiger partial charge < -0.3 is 0 Å². The molecule has 0 spiro atoms. The van der Waals surface area contributed by atoms with Crippen LogP contribution in [0, 0.1) is 5.82 Å². The lowest BCUT2D eigenvalue weighted by atomic mass is 10.3. The second kappa shape index (κ2) is 6.03. The molecule has 0 aliphatic rings. The number of nitrogens with one attached hydrogen (secondary N) is 1. The monoisotopic (exact) mass is 331 g/mol. The summed E-state index contributed by atoms with van der Waals surface area (Å²) in [4.78, 5) is 0.471. The van der Waals surface area contributed by atoms with E-state index in [1.54, 1.807) is 18.2 Å². The van der Waals surface area contributed by atoms with Crippen molar-refractivity contribution in [1.82, 2.24) is 0 Å². The van der Waals surface area contributed by atoms with Gasteiger partial charge in [0.05, 0.1) is 0 Å². The maximum absolute atomic E-state index is 13.7. The zero-order valence-electron chi connectivity index (χ0n) is 10.4. The molecule has 0 amide bonds. The molecule has 0 aliphatic carbocycles. The third-order valence-electron chi connectivity index (χ3n) is 2.51. The Morgan fingerprint density at radius 2 is 1.95 bits per heavy atom. The van der Waals surface area contributed by atoms with Gasteiger partial charge in [0.1, 0.15) is 10.7 Å². The van der Waals surface area contributed by atoms with Crippen LogP contribution in [0.5, 0.6) is 0 Å². The van der Waals surface area contributed by atoms with Gasteiger partial charge in [0, 0.05) is 15.6 Å². The summed E-state index contributed by atoms with van der Waals surface area (Å²) in [6, 6.07) is 10.3. The first-order valence-corrected chi connectivity index (χ1v) is 8.63. The fraction of sp³-hybridized carbons (Fsp3) is 0.0769. The predicted molar refractivity (Wildman–Crippen MR) is 80.4 cm³/mol. The maximum atomic E-state index is 13.7. The van der Waals surface area contributed by atoms with Gasteiger partial charge in [-0.1, -0.05) is 17.7 Å². The Balaban J connectivity index is 2.35. The highest BCUT2D eigenvalue weighted by atomic mass is 35.5. The third-order valence-corrected chi connectivity index (χ3v) is 4.88. The van der Waals surface area contributed by atoms with Crippen LogP contribution in [0.25, 0.3) is 0 Å². The van der Waals surface area contributed by atoms with Crippen molar-refractivity contribution in [2.45, 2.75) is 9.79 Å². The lowest BCUT2D eigenvalue weighted by Gasteiger charge is -2.09. The minimum Gasteiger partial charge on any atom is -0.280 e. The van der Waals surface area contributed by atoms with E-state index in [-0.39, 0.29) is 5.02 Å². The van der Waals surface area contributed by atoms with Crippen LogP contribution < -0.4 is 4.72 Å². The molecule has 106 valence electrons. The van der Waals surface area contributed by atoms with Gasteiger partial charge in [-0.25, -0.2) is 12.8 Å². The fourth-order valence-corrected chi connectivity index (χ4v) is 3.32. The average Bonchev–Trinajstić information content (AvgIpc) is 2.37. The maximum Gasteiger partial charge on any atom is 0.264 e. The van der Waals surface area contributed by atoms with Crippen molar-refractivity contribution >= 4 is 39.1 Å². The van der Waals surface area contributed by atoms with E-state index in [1.807, 2.05) is 12.3 Å². The standard InChI is InChI=1S/C13H11ClFNO2S2/c1-19-11-4-2-3-10(8-11)16-20(17,18)13-6-5-9(14)7-12(13)15/h2-8,16H,1H3. The summed E-state index contributed by atoms with van der Waals surface area (Å²) >= 11 is 7.09. The normalized spacial score (nSPS) is 11.3. The molecule has 0 saturated heterocycles. The topological polar surface area (TPSA) is 46.2 Å². The Morgan fingerprint density at radius 1 is 1.20 bits per heavy atom. The summed E-state index contributed by atoms with van der Waals surface area (Å²) in [6.45, 7) is 0. The number of halogens is 2. The second-order valence-corrected chi connectivity index (χ2v) is 6.88. The number of hydrogen-bond acceptors (Lipinski definition) is 3. The number of anilines is 1. The highest BCUT2D eigenvalue weighted by Gasteiger charge is 2.19. The Kier molecular flexibility index (Phi) is 4.57. The molecule has 0 atom stereocenters. The van der Waals surface area contributed by atoms with Crippen molar-refractivity contribution in [3.05, 3.63) is 53.3 Å². The van der Waals surface area contributed by atoms with Gasteiger partial charge in [-0.2, -0.15) is 0 Å². The zero-order chi connectivity index (χ0) is 14.8. The van der Waals surface area contributed by atoms with Crippen LogP contribution in [0.4, 0.5) is 10.1 Å². The van der Waals surface area contributed by atoms with Gasteiger partial charge in [0.25, 0.3) is 10.0 Å². The summed E-state index contributed by atoms with van der Waals surface area (Å²) in [5.41, 5.74) is 0.381. The predicted octanol–water partition coefficient (Wildman–Crippen LogP) is 4.00. The Bertz CT molecular complexity index is 735. The number of sulfonamides is 1. The van der Waals surface area contributed by atoms with E-state index in [1.165, 1.54) is 17.8 Å². The average molecular weight is 332 g/mol. The number of thioether (sulfide) groups is 1. The van der Waals surface area contributed by atoms with E-state index in [4.69, 9.17) is 11.6 Å². The lowest BCUT2D eigenvalue weighted by Crippen LogP contribution is -2.14. The summed E-state index contributed by atoms with van der Waals surface area (Å²) in [7, 11) is -3.98. The molecule has 20 heavy (non-hydrogen) atoms. The molecule has 0 saturated carbocycles. The largest absolute Gasteiger partial charge is 0.280 e. The molecule has 0 unspecified atom stereocenters. The molecule has 3 nitrogen and oxygen atoms in total. The molecule has 0 heterocycles. The summed E-state index contributed by atoms with van der Waals surface area (Å²) < 4.78 is 40.3. The smallest absolute Gasteiger partial charge is 0.264 e. The molecule has 0 radical (unpaired) electrons. The lowest BCUT2D eigenvalue weighted by molar-refractivity contribution is 0.570. The van der Waals surface area contributed by atoms with Crippen molar-refractivity contribution in [3.8, 4) is 0 Å². The van der Waals surface area contributed by atoms with E-state index in [0.717, 1.165) is 17.0 Å². The summed E-state index contributed by atoms with van der Waals surface area (Å²) in [6.07, 6.45) is 1.88. The minimum atomic E-state index is -3.98. The van der Waals surface area contributed by atoms with Crippen LogP contribution in [-0.4, -0.2) is 14.7 Å². The van der Waals surface area contributed by atoms with E-state index in [0.29, 0.717) is 5.69 Å². The Morgan fingerprint density at radius 3 is 2.60 bits per heavy atom. The van der Waals surface area contributed by atoms with Crippen LogP contribution in [0.1, 0.15) is 0 Å². The molecule has 1 N–H and O–H groups in total. The van der Waals surface area contributed by atoms with Crippen molar-refractivity contribution < 1.29 is 12.8 Å². The van der Waals surface area contributed by atoms with Crippen LogP contribution in [0.2, 0.25) is 5.02 Å². The third kappa shape index (κ3) is 3.45. The highest BCUT2D eigenvalue weighted by Crippen LogP contribution is 2.24. The number of benzene rings is 2. The number of hydrogen-bond donors (Lipinski definition) is 1. The molecule has 2 aromatic carbocycles. The molecule has 2 aromatic rings. The molecular weight excluding hydrogens is 321 g/mol. The van der Waals surface area contributed by atoms with Gasteiger partial charge >= 0.3 is 0 Å². The van der Waals surface area contributed by atoms with Crippen LogP contribution in [-0.2, 0) is 10.0 Å². The molecule has 0 aliphatic heterocycles. The van der Waals surface area contributed by atoms with Crippen molar-refractivity contribution in [2.75, 3.05) is 11.0 Å². The van der Waals surface area contributed by atoms with Gasteiger partial charge in [-0.05, 0) is 42.7 Å². The first-order valence-electron chi connectivity index (χ1n) is 5.54. The highest BCUT2D eigenvalue weighted by molar-refractivity contribution is 7.98. The molecule has 0 aromatic heterocycles. The zero-order valence-corrected chi connectivity index (χ0v) is 12.8. The van der Waals surface area contributed by atoms with Crippen molar-refractivity contribution in [3.63, 3.8) is 0 Å². The molecule has 2 rings (SSSR count). The van der Waals surface area contributed by atoms with Crippen molar-refractivity contribution in [1.29, 1.82) is 0 Å². The Hall–Kier alpha value is -1.24. The van der Waals surface area contributed by atoms with Crippen LogP contribution >= 0.6 is 23.4 Å². The van der Waals surface area contributed by atoms with Gasteiger partial charge in [-0.3, -0.25) is 4.72 Å². The summed E-state index contributed by atoms with van der Waals surface area (Å²) in [5, 5.41) is 0.144. The SMILES string of the molecule is CSc1cccc(NS(=O)(=O)c2ccc(Cl)cc2F)c1. The van der Waals surface area contributed by atoms with Crippen LogP contribution in [0.15, 0.2) is 52.3 Å². The van der Waals surface area contributed by atoms with E-state index >= 15 is 0 Å². The van der Waals surface area contributed by atoms with Gasteiger partial charge in [-0.15, -0.1) is 11.8 Å². The van der Waals surface area contributed by atoms with Crippen molar-refractivity contribution in [2.24, 2.45) is 0 Å². The number of rotatable bonds is 4. The van der Waals surface area contributed by atoms with E-state index in [2.05, 4.69) is 4.72 Å². The molecular formula is C13H11ClFNO2S2.